The van der Waals surface area contributed by atoms with Gasteiger partial charge in [0.05, 0.1) is 12.9 Å². The number of aromatic nitrogens is 5. The Bertz CT molecular complexity index is 1160. The molecule has 0 aliphatic rings. The lowest BCUT2D eigenvalue weighted by atomic mass is 9.78. The molecule has 0 radical (unpaired) electrons. The molecule has 6 nitrogen and oxygen atoms in total. The second kappa shape index (κ2) is 8.61. The number of hydrogen-bond donors (Lipinski definition) is 1. The largest absolute Gasteiger partial charge is 0.382 e. The van der Waals surface area contributed by atoms with Crippen molar-refractivity contribution in [3.63, 3.8) is 0 Å². The molecule has 2 atom stereocenters. The molecule has 0 spiro atoms. The summed E-state index contributed by atoms with van der Waals surface area (Å²) in [5.74, 6) is -2.04. The Morgan fingerprint density at radius 1 is 1.10 bits per heavy atom. The molecular weight excluding hydrogens is 400 g/mol. The van der Waals surface area contributed by atoms with Crippen LogP contribution in [0, 0.1) is 11.6 Å². The molecule has 0 fully saturated rings. The van der Waals surface area contributed by atoms with Crippen molar-refractivity contribution in [2.75, 3.05) is 0 Å². The van der Waals surface area contributed by atoms with Crippen molar-refractivity contribution < 1.29 is 13.9 Å². The van der Waals surface area contributed by atoms with Gasteiger partial charge in [0.2, 0.25) is 0 Å². The highest BCUT2D eigenvalue weighted by molar-refractivity contribution is 5.60. The van der Waals surface area contributed by atoms with E-state index < -0.39 is 23.2 Å². The van der Waals surface area contributed by atoms with Crippen LogP contribution in [0.4, 0.5) is 8.78 Å². The van der Waals surface area contributed by atoms with Crippen LogP contribution in [-0.4, -0.2) is 29.4 Å². The number of aliphatic hydroxyl groups is 1. The molecule has 4 rings (SSSR count). The number of rotatable bonds is 7. The Hall–Kier alpha value is -3.65. The Balaban J connectivity index is 1.66. The van der Waals surface area contributed by atoms with E-state index in [1.165, 1.54) is 23.4 Å². The van der Waals surface area contributed by atoms with Crippen molar-refractivity contribution in [2.45, 2.75) is 25.0 Å². The maximum Gasteiger partial charge on any atom is 0.137 e. The van der Waals surface area contributed by atoms with Crippen molar-refractivity contribution >= 4 is 12.3 Å². The lowest BCUT2D eigenvalue weighted by Crippen LogP contribution is -2.38. The van der Waals surface area contributed by atoms with Crippen molar-refractivity contribution in [2.24, 2.45) is 0 Å². The standard InChI is InChI=1S/C23H21F2N5O/c1-17(19-4-2-18(3-5-19)8-10-29-11-9-26-15-29)23(31,13-30-16-27-14-28-30)21-7-6-20(24)12-22(21)25/h2-12,14-17,31H,13H2,1H3/b10-8+/t17-,23-/m1/s1. The van der Waals surface area contributed by atoms with Gasteiger partial charge in [0.25, 0.3) is 0 Å². The molecule has 0 amide bonds. The van der Waals surface area contributed by atoms with Crippen LogP contribution in [0.15, 0.2) is 73.8 Å². The molecular formula is C23H21F2N5O. The van der Waals surface area contributed by atoms with Crippen molar-refractivity contribution in [3.05, 3.63) is 102 Å². The van der Waals surface area contributed by atoms with Crippen LogP contribution >= 0.6 is 0 Å². The van der Waals surface area contributed by atoms with E-state index in [2.05, 4.69) is 15.1 Å². The average molecular weight is 421 g/mol. The van der Waals surface area contributed by atoms with Gasteiger partial charge in [0.15, 0.2) is 0 Å². The van der Waals surface area contributed by atoms with Gasteiger partial charge in [0.1, 0.15) is 29.9 Å². The molecule has 2 aromatic heterocycles. The fourth-order valence-electron chi connectivity index (χ4n) is 3.56. The van der Waals surface area contributed by atoms with Gasteiger partial charge in [-0.3, -0.25) is 0 Å². The zero-order valence-electron chi connectivity index (χ0n) is 16.8. The molecule has 1 N–H and O–H groups in total. The van der Waals surface area contributed by atoms with Gasteiger partial charge in [-0.2, -0.15) is 5.10 Å². The summed E-state index contributed by atoms with van der Waals surface area (Å²) in [4.78, 5) is 7.88. The predicted molar refractivity (Wildman–Crippen MR) is 113 cm³/mol. The molecule has 8 heteroatoms. The Kier molecular flexibility index (Phi) is 5.73. The zero-order chi connectivity index (χ0) is 21.8. The second-order valence-corrected chi connectivity index (χ2v) is 7.36. The lowest BCUT2D eigenvalue weighted by Gasteiger charge is -2.35. The van der Waals surface area contributed by atoms with E-state index >= 15 is 0 Å². The van der Waals surface area contributed by atoms with Crippen LogP contribution in [0.1, 0.15) is 29.5 Å². The summed E-state index contributed by atoms with van der Waals surface area (Å²) in [5, 5.41) is 15.7. The normalized spacial score (nSPS) is 14.6. The van der Waals surface area contributed by atoms with Crippen LogP contribution in [0.5, 0.6) is 0 Å². The van der Waals surface area contributed by atoms with E-state index in [0.717, 1.165) is 23.3 Å². The number of hydrogen-bond acceptors (Lipinski definition) is 4. The molecule has 0 saturated heterocycles. The highest BCUT2D eigenvalue weighted by Crippen LogP contribution is 2.39. The second-order valence-electron chi connectivity index (χ2n) is 7.36. The van der Waals surface area contributed by atoms with E-state index in [-0.39, 0.29) is 12.1 Å². The quantitative estimate of drug-likeness (QED) is 0.488. The Morgan fingerprint density at radius 2 is 1.90 bits per heavy atom. The lowest BCUT2D eigenvalue weighted by molar-refractivity contribution is -0.0112. The molecule has 2 aromatic carbocycles. The van der Waals surface area contributed by atoms with Crippen molar-refractivity contribution in [1.29, 1.82) is 0 Å². The van der Waals surface area contributed by atoms with Crippen molar-refractivity contribution in [1.82, 2.24) is 24.3 Å². The van der Waals surface area contributed by atoms with Gasteiger partial charge in [-0.05, 0) is 23.3 Å². The molecule has 0 bridgehead atoms. The fraction of sp³-hybridized carbons (Fsp3) is 0.174. The number of benzene rings is 2. The van der Waals surface area contributed by atoms with E-state index in [4.69, 9.17) is 0 Å². The number of imidazole rings is 1. The maximum atomic E-state index is 14.7. The third-order valence-corrected chi connectivity index (χ3v) is 5.38. The fourth-order valence-corrected chi connectivity index (χ4v) is 3.56. The molecule has 0 saturated carbocycles. The molecule has 0 aliphatic heterocycles. The molecule has 0 aliphatic carbocycles. The van der Waals surface area contributed by atoms with Crippen LogP contribution in [0.25, 0.3) is 12.3 Å². The van der Waals surface area contributed by atoms with E-state index in [1.807, 2.05) is 47.3 Å². The van der Waals surface area contributed by atoms with Crippen LogP contribution in [-0.2, 0) is 12.1 Å². The summed E-state index contributed by atoms with van der Waals surface area (Å²) in [7, 11) is 0. The first-order chi connectivity index (χ1) is 15.0. The average Bonchev–Trinajstić information content (AvgIpc) is 3.46. The van der Waals surface area contributed by atoms with Gasteiger partial charge < -0.3 is 9.67 Å². The summed E-state index contributed by atoms with van der Waals surface area (Å²) in [6.07, 6.45) is 11.8. The van der Waals surface area contributed by atoms with Gasteiger partial charge >= 0.3 is 0 Å². The summed E-state index contributed by atoms with van der Waals surface area (Å²) in [6, 6.07) is 10.8. The first-order valence-electron chi connectivity index (χ1n) is 9.71. The molecule has 4 aromatic rings. The summed E-state index contributed by atoms with van der Waals surface area (Å²) in [6.45, 7) is 1.76. The van der Waals surface area contributed by atoms with Crippen LogP contribution in [0.2, 0.25) is 0 Å². The SMILES string of the molecule is C[C@H](c1ccc(/C=C/n2ccnc2)cc1)[C@](O)(Cn1cncn1)c1ccc(F)cc1F. The van der Waals surface area contributed by atoms with Crippen LogP contribution < -0.4 is 0 Å². The third kappa shape index (κ3) is 4.44. The topological polar surface area (TPSA) is 68.8 Å². The smallest absolute Gasteiger partial charge is 0.137 e. The van der Waals surface area contributed by atoms with Crippen molar-refractivity contribution in [3.8, 4) is 0 Å². The van der Waals surface area contributed by atoms with Crippen LogP contribution in [0.3, 0.4) is 0 Å². The minimum Gasteiger partial charge on any atom is -0.382 e. The maximum absolute atomic E-state index is 14.7. The first kappa shape index (κ1) is 20.6. The minimum absolute atomic E-state index is 0.000908. The van der Waals surface area contributed by atoms with Gasteiger partial charge in [-0.1, -0.05) is 37.3 Å². The summed E-state index contributed by atoms with van der Waals surface area (Å²) >= 11 is 0. The Labute approximate surface area is 178 Å². The molecule has 2 heterocycles. The Morgan fingerprint density at radius 3 is 2.55 bits per heavy atom. The van der Waals surface area contributed by atoms with E-state index in [0.29, 0.717) is 0 Å². The predicted octanol–water partition coefficient (Wildman–Crippen LogP) is 4.07. The highest BCUT2D eigenvalue weighted by atomic mass is 19.1. The molecule has 31 heavy (non-hydrogen) atoms. The van der Waals surface area contributed by atoms with E-state index in [9.17, 15) is 13.9 Å². The highest BCUT2D eigenvalue weighted by Gasteiger charge is 2.39. The van der Waals surface area contributed by atoms with E-state index in [1.54, 1.807) is 19.4 Å². The molecule has 158 valence electrons. The van der Waals surface area contributed by atoms with Gasteiger partial charge in [-0.15, -0.1) is 0 Å². The third-order valence-electron chi connectivity index (χ3n) is 5.38. The number of nitrogens with zero attached hydrogens (tertiary/aromatic N) is 5. The zero-order valence-corrected chi connectivity index (χ0v) is 16.8. The monoisotopic (exact) mass is 421 g/mol. The minimum atomic E-state index is -1.68. The number of halogens is 2. The summed E-state index contributed by atoms with van der Waals surface area (Å²) < 4.78 is 31.4. The summed E-state index contributed by atoms with van der Waals surface area (Å²) in [5.41, 5.74) is 0.0733. The molecule has 0 unspecified atom stereocenters. The van der Waals surface area contributed by atoms with Gasteiger partial charge in [0, 0.05) is 36.1 Å². The first-order valence-corrected chi connectivity index (χ1v) is 9.71. The van der Waals surface area contributed by atoms with Gasteiger partial charge in [-0.25, -0.2) is 23.4 Å².